The molecule has 0 spiro atoms. The number of aryl methyl sites for hydroxylation is 2. The normalized spacial score (nSPS) is 10.5. The van der Waals surface area contributed by atoms with Gasteiger partial charge in [0.05, 0.1) is 24.1 Å². The van der Waals surface area contributed by atoms with Crippen LogP contribution in [-0.2, 0) is 18.3 Å². The van der Waals surface area contributed by atoms with Gasteiger partial charge in [-0.1, -0.05) is 0 Å². The fraction of sp³-hybridized carbons (Fsp3) is 0.357. The number of carbonyl (C=O) groups excluding carboxylic acids is 1. The molecule has 2 rings (SSSR count). The predicted octanol–water partition coefficient (Wildman–Crippen LogP) is 1.41. The van der Waals surface area contributed by atoms with E-state index in [2.05, 4.69) is 20.1 Å². The monoisotopic (exact) mass is 289 g/mol. The van der Waals surface area contributed by atoms with Crippen LogP contribution in [0.15, 0.2) is 12.3 Å². The Morgan fingerprint density at radius 2 is 2.19 bits per heavy atom. The molecule has 0 bridgehead atoms. The van der Waals surface area contributed by atoms with Gasteiger partial charge in [-0.05, 0) is 19.9 Å². The van der Waals surface area contributed by atoms with Crippen LogP contribution in [0, 0.1) is 13.8 Å². The van der Waals surface area contributed by atoms with Crippen molar-refractivity contribution in [2.24, 2.45) is 7.05 Å². The lowest BCUT2D eigenvalue weighted by molar-refractivity contribution is 0.0602. The number of carbonyl (C=O) groups is 1. The van der Waals surface area contributed by atoms with Gasteiger partial charge in [0.15, 0.2) is 0 Å². The summed E-state index contributed by atoms with van der Waals surface area (Å²) < 4.78 is 6.52. The quantitative estimate of drug-likeness (QED) is 0.826. The minimum absolute atomic E-state index is 0.281. The Labute approximate surface area is 123 Å². The molecule has 0 radical (unpaired) electrons. The van der Waals surface area contributed by atoms with Gasteiger partial charge in [-0.15, -0.1) is 0 Å². The molecular formula is C14H19N5O2. The van der Waals surface area contributed by atoms with Crippen molar-refractivity contribution in [1.82, 2.24) is 14.8 Å². The van der Waals surface area contributed by atoms with Crippen LogP contribution in [0.2, 0.25) is 0 Å². The molecule has 2 aromatic rings. The van der Waals surface area contributed by atoms with E-state index in [1.54, 1.807) is 0 Å². The van der Waals surface area contributed by atoms with E-state index >= 15 is 0 Å². The maximum absolute atomic E-state index is 11.6. The zero-order valence-corrected chi connectivity index (χ0v) is 12.6. The second-order valence-corrected chi connectivity index (χ2v) is 4.74. The van der Waals surface area contributed by atoms with Crippen LogP contribution in [-0.4, -0.2) is 27.8 Å². The number of hydrogen-bond acceptors (Lipinski definition) is 6. The summed E-state index contributed by atoms with van der Waals surface area (Å²) in [6.07, 6.45) is 1.52. The number of rotatable bonds is 4. The van der Waals surface area contributed by atoms with Crippen molar-refractivity contribution < 1.29 is 9.53 Å². The van der Waals surface area contributed by atoms with Crippen molar-refractivity contribution in [3.05, 3.63) is 34.8 Å². The molecule has 0 saturated heterocycles. The topological polar surface area (TPSA) is 95.1 Å². The van der Waals surface area contributed by atoms with E-state index in [0.29, 0.717) is 17.9 Å². The Kier molecular flexibility index (Phi) is 4.11. The van der Waals surface area contributed by atoms with E-state index in [4.69, 9.17) is 5.73 Å². The van der Waals surface area contributed by atoms with Crippen molar-refractivity contribution in [2.45, 2.75) is 20.4 Å². The number of methoxy groups -OCH3 is 1. The van der Waals surface area contributed by atoms with Gasteiger partial charge >= 0.3 is 5.97 Å². The third-order valence-corrected chi connectivity index (χ3v) is 3.49. The third kappa shape index (κ3) is 2.81. The molecule has 7 heteroatoms. The molecule has 0 amide bonds. The minimum atomic E-state index is -0.480. The van der Waals surface area contributed by atoms with Crippen LogP contribution < -0.4 is 11.1 Å². The first-order valence-corrected chi connectivity index (χ1v) is 6.51. The Morgan fingerprint density at radius 3 is 2.76 bits per heavy atom. The van der Waals surface area contributed by atoms with Crippen LogP contribution >= 0.6 is 0 Å². The molecule has 7 nitrogen and oxygen atoms in total. The molecule has 0 aliphatic heterocycles. The average Bonchev–Trinajstić information content (AvgIpc) is 2.71. The van der Waals surface area contributed by atoms with E-state index in [1.807, 2.05) is 25.6 Å². The summed E-state index contributed by atoms with van der Waals surface area (Å²) in [5, 5.41) is 7.50. The summed E-state index contributed by atoms with van der Waals surface area (Å²) in [5.41, 5.74) is 9.65. The van der Waals surface area contributed by atoms with Gasteiger partial charge < -0.3 is 15.8 Å². The van der Waals surface area contributed by atoms with Crippen LogP contribution in [0.3, 0.4) is 0 Å². The maximum Gasteiger partial charge on any atom is 0.340 e. The van der Waals surface area contributed by atoms with Crippen molar-refractivity contribution >= 4 is 17.5 Å². The summed E-state index contributed by atoms with van der Waals surface area (Å²) >= 11 is 0. The van der Waals surface area contributed by atoms with Gasteiger partial charge in [0.25, 0.3) is 0 Å². The first-order valence-electron chi connectivity index (χ1n) is 6.51. The third-order valence-electron chi connectivity index (χ3n) is 3.49. The molecule has 2 aromatic heterocycles. The molecule has 0 atom stereocenters. The van der Waals surface area contributed by atoms with E-state index < -0.39 is 5.97 Å². The highest BCUT2D eigenvalue weighted by molar-refractivity contribution is 5.97. The summed E-state index contributed by atoms with van der Waals surface area (Å²) in [7, 11) is 3.22. The Morgan fingerprint density at radius 1 is 1.48 bits per heavy atom. The maximum atomic E-state index is 11.6. The molecule has 0 aliphatic rings. The van der Waals surface area contributed by atoms with Gasteiger partial charge in [-0.2, -0.15) is 5.10 Å². The van der Waals surface area contributed by atoms with Crippen LogP contribution in [0.4, 0.5) is 11.5 Å². The highest BCUT2D eigenvalue weighted by Gasteiger charge is 2.15. The van der Waals surface area contributed by atoms with Crippen molar-refractivity contribution in [3.63, 3.8) is 0 Å². The Bertz CT molecular complexity index is 678. The number of anilines is 2. The van der Waals surface area contributed by atoms with E-state index in [9.17, 15) is 4.79 Å². The minimum Gasteiger partial charge on any atom is -0.465 e. The van der Waals surface area contributed by atoms with Crippen LogP contribution in [0.25, 0.3) is 0 Å². The number of hydrogen-bond donors (Lipinski definition) is 2. The molecule has 0 fully saturated rings. The van der Waals surface area contributed by atoms with Crippen LogP contribution in [0.1, 0.15) is 27.3 Å². The van der Waals surface area contributed by atoms with E-state index in [0.717, 1.165) is 17.0 Å². The summed E-state index contributed by atoms with van der Waals surface area (Å²) in [6.45, 7) is 4.48. The first kappa shape index (κ1) is 14.8. The van der Waals surface area contributed by atoms with Gasteiger partial charge in [0, 0.05) is 31.0 Å². The molecule has 0 aliphatic carbocycles. The summed E-state index contributed by atoms with van der Waals surface area (Å²) in [6, 6.07) is 1.53. The smallest absolute Gasteiger partial charge is 0.340 e. The van der Waals surface area contributed by atoms with Crippen molar-refractivity contribution in [3.8, 4) is 0 Å². The molecular weight excluding hydrogens is 270 g/mol. The van der Waals surface area contributed by atoms with E-state index in [1.165, 1.54) is 19.4 Å². The van der Waals surface area contributed by atoms with E-state index in [-0.39, 0.29) is 5.69 Å². The molecule has 0 aromatic carbocycles. The Hall–Kier alpha value is -2.57. The summed E-state index contributed by atoms with van der Waals surface area (Å²) in [5.74, 6) is -0.0211. The molecule has 2 heterocycles. The van der Waals surface area contributed by atoms with Gasteiger partial charge in [0.2, 0.25) is 0 Å². The summed E-state index contributed by atoms with van der Waals surface area (Å²) in [4.78, 5) is 15.8. The fourth-order valence-corrected chi connectivity index (χ4v) is 2.15. The second kappa shape index (κ2) is 5.82. The highest BCUT2D eigenvalue weighted by atomic mass is 16.5. The lowest BCUT2D eigenvalue weighted by Gasteiger charge is -2.11. The number of nitrogens with zero attached hydrogens (tertiary/aromatic N) is 3. The number of ether oxygens (including phenoxy) is 1. The van der Waals surface area contributed by atoms with Crippen LogP contribution in [0.5, 0.6) is 0 Å². The standard InChI is InChI=1S/C14H19N5O2/c1-8-11(9(2)19(3)18-8)7-17-13-12(15)10(5-6-16-13)14(20)21-4/h5-6H,7,15H2,1-4H3,(H,16,17). The molecule has 21 heavy (non-hydrogen) atoms. The number of aromatic nitrogens is 3. The zero-order valence-electron chi connectivity index (χ0n) is 12.6. The Balaban J connectivity index is 2.23. The lowest BCUT2D eigenvalue weighted by atomic mass is 10.2. The number of pyridine rings is 1. The van der Waals surface area contributed by atoms with Gasteiger partial charge in [-0.3, -0.25) is 4.68 Å². The highest BCUT2D eigenvalue weighted by Crippen LogP contribution is 2.22. The largest absolute Gasteiger partial charge is 0.465 e. The zero-order chi connectivity index (χ0) is 15.6. The number of nitrogens with one attached hydrogen (secondary N) is 1. The first-order chi connectivity index (χ1) is 9.95. The van der Waals surface area contributed by atoms with Crippen molar-refractivity contribution in [2.75, 3.05) is 18.2 Å². The molecule has 112 valence electrons. The predicted molar refractivity (Wildman–Crippen MR) is 80.0 cm³/mol. The van der Waals surface area contributed by atoms with Crippen molar-refractivity contribution in [1.29, 1.82) is 0 Å². The average molecular weight is 289 g/mol. The lowest BCUT2D eigenvalue weighted by Crippen LogP contribution is -2.11. The number of nitrogen functional groups attached to an aromatic ring is 1. The fourth-order valence-electron chi connectivity index (χ4n) is 2.15. The second-order valence-electron chi connectivity index (χ2n) is 4.74. The van der Waals surface area contributed by atoms with Gasteiger partial charge in [0.1, 0.15) is 5.82 Å². The number of nitrogens with two attached hydrogens (primary N) is 1. The molecule has 0 unspecified atom stereocenters. The SMILES string of the molecule is COC(=O)c1ccnc(NCc2c(C)nn(C)c2C)c1N. The number of esters is 1. The van der Waals surface area contributed by atoms with Gasteiger partial charge in [-0.25, -0.2) is 9.78 Å². The molecule has 3 N–H and O–H groups in total. The molecule has 0 saturated carbocycles.